The molecule has 1 rings (SSSR count). The summed E-state index contributed by atoms with van der Waals surface area (Å²) in [5.41, 5.74) is 9.54. The fourth-order valence-electron chi connectivity index (χ4n) is 2.33. The van der Waals surface area contributed by atoms with Crippen LogP contribution >= 0.6 is 0 Å². The molecule has 0 aliphatic rings. The lowest BCUT2D eigenvalue weighted by atomic mass is 9.99. The predicted molar refractivity (Wildman–Crippen MR) is 71.0 cm³/mol. The lowest BCUT2D eigenvalue weighted by molar-refractivity contribution is -0.146. The number of hydrogen-bond acceptors (Lipinski definition) is 2. The molecule has 19 heavy (non-hydrogen) atoms. The van der Waals surface area contributed by atoms with Crippen LogP contribution in [0.4, 0.5) is 13.2 Å². The summed E-state index contributed by atoms with van der Waals surface area (Å²) < 4.78 is 37.5. The molecule has 5 heteroatoms. The van der Waals surface area contributed by atoms with Gasteiger partial charge in [0.25, 0.3) is 0 Å². The number of aryl methyl sites for hydroxylation is 3. The first-order valence-corrected chi connectivity index (χ1v) is 6.29. The summed E-state index contributed by atoms with van der Waals surface area (Å²) in [6.45, 7) is 5.68. The SMILES string of the molecule is Cc1cc(C)c(CN(CCN)CC(F)(F)F)c(C)c1. The van der Waals surface area contributed by atoms with Gasteiger partial charge in [-0.1, -0.05) is 17.7 Å². The van der Waals surface area contributed by atoms with Crippen molar-refractivity contribution in [2.75, 3.05) is 19.6 Å². The van der Waals surface area contributed by atoms with E-state index in [0.29, 0.717) is 0 Å². The van der Waals surface area contributed by atoms with Gasteiger partial charge in [0.1, 0.15) is 0 Å². The number of hydrogen-bond donors (Lipinski definition) is 1. The minimum atomic E-state index is -4.19. The monoisotopic (exact) mass is 274 g/mol. The van der Waals surface area contributed by atoms with Crippen molar-refractivity contribution >= 4 is 0 Å². The van der Waals surface area contributed by atoms with E-state index in [9.17, 15) is 13.2 Å². The van der Waals surface area contributed by atoms with Gasteiger partial charge in [0.05, 0.1) is 6.54 Å². The van der Waals surface area contributed by atoms with Gasteiger partial charge in [-0.15, -0.1) is 0 Å². The minimum absolute atomic E-state index is 0.222. The summed E-state index contributed by atoms with van der Waals surface area (Å²) in [5, 5.41) is 0. The van der Waals surface area contributed by atoms with E-state index in [2.05, 4.69) is 0 Å². The molecule has 0 amide bonds. The van der Waals surface area contributed by atoms with Crippen LogP contribution in [0.2, 0.25) is 0 Å². The van der Waals surface area contributed by atoms with E-state index in [-0.39, 0.29) is 19.6 Å². The third-order valence-corrected chi connectivity index (χ3v) is 3.07. The first kappa shape index (κ1) is 16.0. The molecule has 0 aliphatic heterocycles. The lowest BCUT2D eigenvalue weighted by Gasteiger charge is -2.25. The molecule has 0 fully saturated rings. The molecule has 2 N–H and O–H groups in total. The van der Waals surface area contributed by atoms with Gasteiger partial charge < -0.3 is 5.73 Å². The average Bonchev–Trinajstić information content (AvgIpc) is 2.21. The van der Waals surface area contributed by atoms with Gasteiger partial charge in [-0.25, -0.2) is 0 Å². The first-order chi connectivity index (χ1) is 8.73. The summed E-state index contributed by atoms with van der Waals surface area (Å²) in [5.74, 6) is 0. The van der Waals surface area contributed by atoms with Gasteiger partial charge in [0.15, 0.2) is 0 Å². The number of benzene rings is 1. The molecule has 2 nitrogen and oxygen atoms in total. The zero-order valence-electron chi connectivity index (χ0n) is 11.6. The maximum atomic E-state index is 12.5. The zero-order valence-corrected chi connectivity index (χ0v) is 11.6. The Labute approximate surface area is 112 Å². The third-order valence-electron chi connectivity index (χ3n) is 3.07. The van der Waals surface area contributed by atoms with Crippen molar-refractivity contribution in [1.82, 2.24) is 4.90 Å². The van der Waals surface area contributed by atoms with Gasteiger partial charge in [-0.2, -0.15) is 13.2 Å². The summed E-state index contributed by atoms with van der Waals surface area (Å²) in [4.78, 5) is 1.35. The molecule has 0 atom stereocenters. The summed E-state index contributed by atoms with van der Waals surface area (Å²) in [7, 11) is 0. The molecule has 1 aromatic rings. The van der Waals surface area contributed by atoms with Crippen LogP contribution in [0.5, 0.6) is 0 Å². The van der Waals surface area contributed by atoms with Crippen LogP contribution in [0.3, 0.4) is 0 Å². The molecule has 0 saturated heterocycles. The fraction of sp³-hybridized carbons (Fsp3) is 0.571. The molecule has 0 radical (unpaired) electrons. The highest BCUT2D eigenvalue weighted by atomic mass is 19.4. The Hall–Kier alpha value is -1.07. The van der Waals surface area contributed by atoms with Gasteiger partial charge in [0.2, 0.25) is 0 Å². The molecule has 0 aromatic heterocycles. The molecule has 0 spiro atoms. The van der Waals surface area contributed by atoms with E-state index in [1.165, 1.54) is 4.90 Å². The lowest BCUT2D eigenvalue weighted by Crippen LogP contribution is -2.37. The van der Waals surface area contributed by atoms with Gasteiger partial charge in [-0.05, 0) is 37.5 Å². The average molecular weight is 274 g/mol. The van der Waals surface area contributed by atoms with E-state index in [0.717, 1.165) is 22.3 Å². The second-order valence-electron chi connectivity index (χ2n) is 4.99. The van der Waals surface area contributed by atoms with Gasteiger partial charge in [-0.3, -0.25) is 4.90 Å². The van der Waals surface area contributed by atoms with E-state index in [1.807, 2.05) is 32.9 Å². The molecule has 0 bridgehead atoms. The summed E-state index contributed by atoms with van der Waals surface area (Å²) in [6.07, 6.45) is -4.19. The Kier molecular flexibility index (Phi) is 5.38. The van der Waals surface area contributed by atoms with E-state index >= 15 is 0 Å². The highest BCUT2D eigenvalue weighted by Crippen LogP contribution is 2.21. The number of rotatable bonds is 5. The predicted octanol–water partition coefficient (Wildman–Crippen LogP) is 2.93. The normalized spacial score (nSPS) is 12.2. The third kappa shape index (κ3) is 5.20. The highest BCUT2D eigenvalue weighted by molar-refractivity contribution is 5.37. The van der Waals surface area contributed by atoms with Crippen LogP contribution in [-0.4, -0.2) is 30.7 Å². The van der Waals surface area contributed by atoms with Crippen molar-refractivity contribution in [3.8, 4) is 0 Å². The maximum Gasteiger partial charge on any atom is 0.401 e. The first-order valence-electron chi connectivity index (χ1n) is 6.29. The molecule has 1 aromatic carbocycles. The maximum absolute atomic E-state index is 12.5. The molecule has 108 valence electrons. The second-order valence-corrected chi connectivity index (χ2v) is 4.99. The van der Waals surface area contributed by atoms with Crippen LogP contribution in [0.25, 0.3) is 0 Å². The number of halogens is 3. The second kappa shape index (κ2) is 6.39. The quantitative estimate of drug-likeness (QED) is 0.894. The molecule has 0 saturated carbocycles. The fourth-order valence-corrected chi connectivity index (χ4v) is 2.33. The zero-order chi connectivity index (χ0) is 14.6. The van der Waals surface area contributed by atoms with Gasteiger partial charge >= 0.3 is 6.18 Å². The van der Waals surface area contributed by atoms with Crippen LogP contribution in [0.15, 0.2) is 12.1 Å². The topological polar surface area (TPSA) is 29.3 Å². The number of alkyl halides is 3. The largest absolute Gasteiger partial charge is 0.401 e. The molecule has 0 heterocycles. The molecular weight excluding hydrogens is 253 g/mol. The summed E-state index contributed by atoms with van der Waals surface area (Å²) in [6, 6.07) is 3.99. The van der Waals surface area contributed by atoms with Crippen LogP contribution in [0.1, 0.15) is 22.3 Å². The Balaban J connectivity index is 2.90. The van der Waals surface area contributed by atoms with Crippen molar-refractivity contribution in [3.05, 3.63) is 34.4 Å². The Morgan fingerprint density at radius 2 is 1.63 bits per heavy atom. The van der Waals surface area contributed by atoms with Crippen LogP contribution < -0.4 is 5.73 Å². The van der Waals surface area contributed by atoms with Crippen molar-refractivity contribution in [2.45, 2.75) is 33.5 Å². The van der Waals surface area contributed by atoms with Crippen LogP contribution in [0, 0.1) is 20.8 Å². The number of nitrogens with two attached hydrogens (primary N) is 1. The van der Waals surface area contributed by atoms with Crippen molar-refractivity contribution in [3.63, 3.8) is 0 Å². The Morgan fingerprint density at radius 1 is 1.11 bits per heavy atom. The standard InChI is InChI=1S/C14H21F3N2/c1-10-6-11(2)13(12(3)7-10)8-19(5-4-18)9-14(15,16)17/h6-7H,4-5,8-9,18H2,1-3H3. The minimum Gasteiger partial charge on any atom is -0.329 e. The van der Waals surface area contributed by atoms with Crippen molar-refractivity contribution in [1.29, 1.82) is 0 Å². The summed E-state index contributed by atoms with van der Waals surface area (Å²) >= 11 is 0. The molecule has 0 unspecified atom stereocenters. The van der Waals surface area contributed by atoms with E-state index < -0.39 is 12.7 Å². The molecular formula is C14H21F3N2. The Bertz CT molecular complexity index is 404. The van der Waals surface area contributed by atoms with E-state index in [4.69, 9.17) is 5.73 Å². The smallest absolute Gasteiger partial charge is 0.329 e. The highest BCUT2D eigenvalue weighted by Gasteiger charge is 2.30. The molecule has 0 aliphatic carbocycles. The van der Waals surface area contributed by atoms with Crippen molar-refractivity contribution < 1.29 is 13.2 Å². The van der Waals surface area contributed by atoms with Gasteiger partial charge in [0, 0.05) is 19.6 Å². The Morgan fingerprint density at radius 3 is 2.05 bits per heavy atom. The number of nitrogens with zero attached hydrogens (tertiary/aromatic N) is 1. The van der Waals surface area contributed by atoms with Crippen molar-refractivity contribution in [2.24, 2.45) is 5.73 Å². The van der Waals surface area contributed by atoms with E-state index in [1.54, 1.807) is 0 Å². The van der Waals surface area contributed by atoms with Crippen LogP contribution in [-0.2, 0) is 6.54 Å².